The molecule has 2 saturated heterocycles. The van der Waals surface area contributed by atoms with Crippen LogP contribution in [-0.4, -0.2) is 65.1 Å². The number of hydrogen-bond donors (Lipinski definition) is 1. The first-order valence-electron chi connectivity index (χ1n) is 9.99. The van der Waals surface area contributed by atoms with Crippen LogP contribution in [0.4, 0.5) is 10.2 Å². The first-order valence-corrected chi connectivity index (χ1v) is 9.99. The van der Waals surface area contributed by atoms with Gasteiger partial charge in [0.2, 0.25) is 5.88 Å². The number of fused-ring (bicyclic) bond motifs is 1. The van der Waals surface area contributed by atoms with Crippen LogP contribution in [0.5, 0.6) is 5.88 Å². The quantitative estimate of drug-likeness (QED) is 0.719. The van der Waals surface area contributed by atoms with E-state index in [1.165, 1.54) is 10.7 Å². The first kappa shape index (κ1) is 18.3. The molecule has 0 aliphatic carbocycles. The molecule has 0 atom stereocenters. The van der Waals surface area contributed by atoms with Gasteiger partial charge in [0.25, 0.3) is 0 Å². The minimum atomic E-state index is -0.376. The third-order valence-electron chi connectivity index (χ3n) is 5.35. The largest absolute Gasteiger partial charge is 0.474 e. The van der Waals surface area contributed by atoms with Gasteiger partial charge in [-0.25, -0.2) is 18.9 Å². The van der Waals surface area contributed by atoms with E-state index in [-0.39, 0.29) is 11.9 Å². The topological polar surface area (TPSA) is 76.8 Å². The highest BCUT2D eigenvalue weighted by Crippen LogP contribution is 2.33. The van der Waals surface area contributed by atoms with Crippen LogP contribution in [0.3, 0.4) is 0 Å². The van der Waals surface area contributed by atoms with Crippen LogP contribution in [0.2, 0.25) is 0 Å². The Morgan fingerprint density at radius 2 is 2.00 bits per heavy atom. The van der Waals surface area contributed by atoms with Crippen LogP contribution in [0.1, 0.15) is 12.8 Å². The highest BCUT2D eigenvalue weighted by Gasteiger charge is 2.22. The fourth-order valence-electron chi connectivity index (χ4n) is 3.81. The van der Waals surface area contributed by atoms with Gasteiger partial charge in [0, 0.05) is 50.8 Å². The molecule has 0 spiro atoms. The van der Waals surface area contributed by atoms with E-state index in [2.05, 4.69) is 20.4 Å². The van der Waals surface area contributed by atoms with Crippen molar-refractivity contribution < 1.29 is 13.9 Å². The Morgan fingerprint density at radius 3 is 2.83 bits per heavy atom. The minimum absolute atomic E-state index is 0.0704. The number of piperazine rings is 1. The Kier molecular flexibility index (Phi) is 4.99. The van der Waals surface area contributed by atoms with Gasteiger partial charge >= 0.3 is 0 Å². The molecule has 1 N–H and O–H groups in total. The van der Waals surface area contributed by atoms with Crippen LogP contribution in [0.25, 0.3) is 16.8 Å². The summed E-state index contributed by atoms with van der Waals surface area (Å²) in [6, 6.07) is 3.80. The highest BCUT2D eigenvalue weighted by atomic mass is 19.1. The van der Waals surface area contributed by atoms with Gasteiger partial charge in [-0.2, -0.15) is 5.10 Å². The molecule has 0 amide bonds. The zero-order valence-corrected chi connectivity index (χ0v) is 16.1. The fraction of sp³-hybridized carbons (Fsp3) is 0.450. The maximum Gasteiger partial charge on any atom is 0.221 e. The smallest absolute Gasteiger partial charge is 0.221 e. The average molecular weight is 398 g/mol. The van der Waals surface area contributed by atoms with Gasteiger partial charge in [0.1, 0.15) is 6.10 Å². The highest BCUT2D eigenvalue weighted by molar-refractivity contribution is 5.80. The lowest BCUT2D eigenvalue weighted by Crippen LogP contribution is -2.44. The minimum Gasteiger partial charge on any atom is -0.474 e. The third kappa shape index (κ3) is 3.63. The standard InChI is InChI=1S/C20H23FN6O2/c21-17-13-27-18(25-19(17)26-8-6-22-7-9-26)16(12-24-27)15-2-1-5-23-20(15)29-14-3-10-28-11-4-14/h1-2,5,12-14,22H,3-4,6-11H2. The molecule has 0 saturated carbocycles. The number of nitrogens with zero attached hydrogens (tertiary/aromatic N) is 5. The van der Waals surface area contributed by atoms with Crippen LogP contribution in [0, 0.1) is 5.82 Å². The summed E-state index contributed by atoms with van der Waals surface area (Å²) in [5, 5.41) is 7.59. The van der Waals surface area contributed by atoms with Gasteiger partial charge < -0.3 is 19.7 Å². The van der Waals surface area contributed by atoms with Crippen molar-refractivity contribution in [2.24, 2.45) is 0 Å². The summed E-state index contributed by atoms with van der Waals surface area (Å²) in [6.07, 6.45) is 6.53. The van der Waals surface area contributed by atoms with Crippen molar-refractivity contribution in [1.29, 1.82) is 0 Å². The molecule has 0 unspecified atom stereocenters. The molecule has 9 heteroatoms. The van der Waals surface area contributed by atoms with Gasteiger partial charge in [0.05, 0.1) is 31.2 Å². The molecule has 5 heterocycles. The normalized spacial score (nSPS) is 18.3. The molecule has 0 aromatic carbocycles. The van der Waals surface area contributed by atoms with Crippen molar-refractivity contribution in [3.63, 3.8) is 0 Å². The number of aromatic nitrogens is 4. The second-order valence-corrected chi connectivity index (χ2v) is 7.26. The Bertz CT molecular complexity index is 998. The summed E-state index contributed by atoms with van der Waals surface area (Å²) in [4.78, 5) is 11.1. The molecule has 2 aliphatic rings. The van der Waals surface area contributed by atoms with E-state index in [1.807, 2.05) is 17.0 Å². The summed E-state index contributed by atoms with van der Waals surface area (Å²) in [5.74, 6) is 0.527. The predicted octanol–water partition coefficient (Wildman–Crippen LogP) is 1.90. The number of rotatable bonds is 4. The predicted molar refractivity (Wildman–Crippen MR) is 106 cm³/mol. The number of nitrogens with one attached hydrogen (secondary N) is 1. The monoisotopic (exact) mass is 398 g/mol. The van der Waals surface area contributed by atoms with Gasteiger partial charge in [-0.1, -0.05) is 0 Å². The van der Waals surface area contributed by atoms with Crippen LogP contribution >= 0.6 is 0 Å². The molecular formula is C20H23FN6O2. The molecule has 3 aromatic rings. The van der Waals surface area contributed by atoms with Crippen LogP contribution < -0.4 is 15.0 Å². The zero-order valence-electron chi connectivity index (χ0n) is 16.1. The summed E-state index contributed by atoms with van der Waals surface area (Å²) in [6.45, 7) is 4.44. The lowest BCUT2D eigenvalue weighted by Gasteiger charge is -2.28. The molecule has 2 fully saturated rings. The molecule has 0 radical (unpaired) electrons. The summed E-state index contributed by atoms with van der Waals surface area (Å²) in [5.41, 5.74) is 2.17. The molecule has 2 aliphatic heterocycles. The zero-order chi connectivity index (χ0) is 19.6. The molecule has 29 heavy (non-hydrogen) atoms. The van der Waals surface area contributed by atoms with E-state index in [0.717, 1.165) is 37.1 Å². The molecule has 5 rings (SSSR count). The number of hydrogen-bond acceptors (Lipinski definition) is 7. The third-order valence-corrected chi connectivity index (χ3v) is 5.35. The molecule has 3 aromatic heterocycles. The van der Waals surface area contributed by atoms with E-state index in [4.69, 9.17) is 9.47 Å². The lowest BCUT2D eigenvalue weighted by atomic mass is 10.1. The van der Waals surface area contributed by atoms with Crippen molar-refractivity contribution in [2.45, 2.75) is 18.9 Å². The fourth-order valence-corrected chi connectivity index (χ4v) is 3.81. The number of ether oxygens (including phenoxy) is 2. The number of halogens is 1. The average Bonchev–Trinajstić information content (AvgIpc) is 3.17. The van der Waals surface area contributed by atoms with Crippen molar-refractivity contribution in [2.75, 3.05) is 44.3 Å². The van der Waals surface area contributed by atoms with E-state index < -0.39 is 0 Å². The number of pyridine rings is 1. The number of anilines is 1. The Labute approximate surface area is 167 Å². The van der Waals surface area contributed by atoms with Gasteiger partial charge in [-0.15, -0.1) is 0 Å². The van der Waals surface area contributed by atoms with Gasteiger partial charge in [0.15, 0.2) is 17.3 Å². The molecule has 8 nitrogen and oxygen atoms in total. The SMILES string of the molecule is Fc1cn2ncc(-c3cccnc3OC3CCOCC3)c2nc1N1CCNCC1. The van der Waals surface area contributed by atoms with E-state index >= 15 is 0 Å². The Hall–Kier alpha value is -2.78. The second kappa shape index (κ2) is 7.92. The second-order valence-electron chi connectivity index (χ2n) is 7.26. The van der Waals surface area contributed by atoms with Crippen molar-refractivity contribution in [3.05, 3.63) is 36.5 Å². The maximum absolute atomic E-state index is 14.7. The molecular weight excluding hydrogens is 375 g/mol. The Balaban J connectivity index is 1.53. The van der Waals surface area contributed by atoms with Gasteiger partial charge in [-0.3, -0.25) is 0 Å². The summed E-state index contributed by atoms with van der Waals surface area (Å²) in [7, 11) is 0. The molecule has 0 bridgehead atoms. The first-order chi connectivity index (χ1) is 14.3. The van der Waals surface area contributed by atoms with E-state index in [1.54, 1.807) is 12.4 Å². The Morgan fingerprint density at radius 1 is 1.17 bits per heavy atom. The van der Waals surface area contributed by atoms with Crippen molar-refractivity contribution >= 4 is 11.5 Å². The van der Waals surface area contributed by atoms with E-state index in [0.29, 0.717) is 43.6 Å². The van der Waals surface area contributed by atoms with Gasteiger partial charge in [-0.05, 0) is 12.1 Å². The van der Waals surface area contributed by atoms with E-state index in [9.17, 15) is 4.39 Å². The van der Waals surface area contributed by atoms with Crippen molar-refractivity contribution in [1.82, 2.24) is 24.9 Å². The van der Waals surface area contributed by atoms with Crippen molar-refractivity contribution in [3.8, 4) is 17.0 Å². The van der Waals surface area contributed by atoms with Crippen LogP contribution in [-0.2, 0) is 4.74 Å². The lowest BCUT2D eigenvalue weighted by molar-refractivity contribution is 0.0240. The summed E-state index contributed by atoms with van der Waals surface area (Å²) >= 11 is 0. The van der Waals surface area contributed by atoms with Crippen LogP contribution in [0.15, 0.2) is 30.7 Å². The summed E-state index contributed by atoms with van der Waals surface area (Å²) < 4.78 is 27.7. The maximum atomic E-state index is 14.7. The molecule has 152 valence electrons.